The Morgan fingerprint density at radius 2 is 2.11 bits per heavy atom. The van der Waals surface area contributed by atoms with Crippen molar-refractivity contribution in [2.75, 3.05) is 13.1 Å². The van der Waals surface area contributed by atoms with Gasteiger partial charge in [0.05, 0.1) is 6.54 Å². The third-order valence-corrected chi connectivity index (χ3v) is 2.19. The monoisotopic (exact) mass is 251 g/mol. The van der Waals surface area contributed by atoms with E-state index in [1.807, 2.05) is 26.8 Å². The van der Waals surface area contributed by atoms with Crippen LogP contribution < -0.4 is 5.32 Å². The summed E-state index contributed by atoms with van der Waals surface area (Å²) < 4.78 is 5.17. The number of rotatable bonds is 5. The summed E-state index contributed by atoms with van der Waals surface area (Å²) in [6.07, 6.45) is 0.761. The summed E-state index contributed by atoms with van der Waals surface area (Å²) in [6.45, 7) is 6.41. The standard InChI is InChI=1S/C14H21NO3/c1-14(2,3)18-13(17)10-15-8-7-11-5-4-6-12(16)9-11/h4-6,9,15-16H,7-8,10H2,1-3H3. The number of carbonyl (C=O) groups is 1. The molecule has 1 rings (SSSR count). The molecular weight excluding hydrogens is 230 g/mol. The first kappa shape index (κ1) is 14.5. The van der Waals surface area contributed by atoms with Crippen molar-refractivity contribution in [2.24, 2.45) is 0 Å². The van der Waals surface area contributed by atoms with Crippen LogP contribution in [0.5, 0.6) is 5.75 Å². The molecule has 0 saturated carbocycles. The fourth-order valence-electron chi connectivity index (χ4n) is 1.51. The molecule has 0 amide bonds. The van der Waals surface area contributed by atoms with E-state index in [2.05, 4.69) is 5.32 Å². The van der Waals surface area contributed by atoms with Crippen molar-refractivity contribution in [1.29, 1.82) is 0 Å². The van der Waals surface area contributed by atoms with Crippen molar-refractivity contribution < 1.29 is 14.6 Å². The van der Waals surface area contributed by atoms with Gasteiger partial charge in [0.25, 0.3) is 0 Å². The molecular formula is C14H21NO3. The lowest BCUT2D eigenvalue weighted by molar-refractivity contribution is -0.153. The minimum Gasteiger partial charge on any atom is -0.508 e. The quantitative estimate of drug-likeness (QED) is 0.619. The molecule has 2 N–H and O–H groups in total. The third kappa shape index (κ3) is 6.25. The van der Waals surface area contributed by atoms with Crippen molar-refractivity contribution in [2.45, 2.75) is 32.8 Å². The van der Waals surface area contributed by atoms with Crippen molar-refractivity contribution >= 4 is 5.97 Å². The van der Waals surface area contributed by atoms with Crippen molar-refractivity contribution in [3.8, 4) is 5.75 Å². The van der Waals surface area contributed by atoms with Crippen LogP contribution in [0.1, 0.15) is 26.3 Å². The molecule has 0 aliphatic heterocycles. The summed E-state index contributed by atoms with van der Waals surface area (Å²) in [4.78, 5) is 11.4. The number of carbonyl (C=O) groups excluding carboxylic acids is 1. The molecule has 1 aromatic rings. The topological polar surface area (TPSA) is 58.6 Å². The smallest absolute Gasteiger partial charge is 0.320 e. The first-order valence-electron chi connectivity index (χ1n) is 6.07. The molecule has 0 aromatic heterocycles. The highest BCUT2D eigenvalue weighted by atomic mass is 16.6. The molecule has 0 unspecified atom stereocenters. The van der Waals surface area contributed by atoms with E-state index in [1.54, 1.807) is 18.2 Å². The maximum absolute atomic E-state index is 11.4. The number of phenolic OH excluding ortho intramolecular Hbond substituents is 1. The fraction of sp³-hybridized carbons (Fsp3) is 0.500. The number of benzene rings is 1. The first-order valence-corrected chi connectivity index (χ1v) is 6.07. The van der Waals surface area contributed by atoms with E-state index in [0.717, 1.165) is 12.0 Å². The van der Waals surface area contributed by atoms with Crippen LogP contribution in [0, 0.1) is 0 Å². The summed E-state index contributed by atoms with van der Waals surface area (Å²) in [6, 6.07) is 7.10. The van der Waals surface area contributed by atoms with Crippen LogP contribution >= 0.6 is 0 Å². The lowest BCUT2D eigenvalue weighted by Crippen LogP contribution is -2.32. The molecule has 0 radical (unpaired) electrons. The number of esters is 1. The van der Waals surface area contributed by atoms with Gasteiger partial charge in [0.2, 0.25) is 0 Å². The lowest BCUT2D eigenvalue weighted by Gasteiger charge is -2.19. The number of phenols is 1. The fourth-order valence-corrected chi connectivity index (χ4v) is 1.51. The third-order valence-electron chi connectivity index (χ3n) is 2.19. The molecule has 0 aliphatic carbocycles. The molecule has 100 valence electrons. The number of hydrogen-bond acceptors (Lipinski definition) is 4. The van der Waals surface area contributed by atoms with E-state index in [1.165, 1.54) is 0 Å². The van der Waals surface area contributed by atoms with Gasteiger partial charge in [-0.15, -0.1) is 0 Å². The van der Waals surface area contributed by atoms with Crippen LogP contribution in [-0.2, 0) is 16.0 Å². The molecule has 4 heteroatoms. The number of hydrogen-bond donors (Lipinski definition) is 2. The largest absolute Gasteiger partial charge is 0.508 e. The highest BCUT2D eigenvalue weighted by Crippen LogP contribution is 2.10. The van der Waals surface area contributed by atoms with E-state index < -0.39 is 5.60 Å². The Morgan fingerprint density at radius 3 is 2.72 bits per heavy atom. The second-order valence-electron chi connectivity index (χ2n) is 5.18. The van der Waals surface area contributed by atoms with Gasteiger partial charge in [-0.05, 0) is 51.4 Å². The van der Waals surface area contributed by atoms with Gasteiger partial charge in [-0.1, -0.05) is 12.1 Å². The average molecular weight is 251 g/mol. The van der Waals surface area contributed by atoms with Gasteiger partial charge in [-0.25, -0.2) is 0 Å². The van der Waals surface area contributed by atoms with Crippen LogP contribution in [-0.4, -0.2) is 29.8 Å². The van der Waals surface area contributed by atoms with Crippen LogP contribution in [0.15, 0.2) is 24.3 Å². The highest BCUT2D eigenvalue weighted by molar-refractivity contribution is 5.72. The zero-order chi connectivity index (χ0) is 13.6. The average Bonchev–Trinajstić information content (AvgIpc) is 2.22. The molecule has 4 nitrogen and oxygen atoms in total. The van der Waals surface area contributed by atoms with E-state index >= 15 is 0 Å². The predicted molar refractivity (Wildman–Crippen MR) is 70.5 cm³/mol. The Labute approximate surface area is 108 Å². The second kappa shape index (κ2) is 6.40. The van der Waals surface area contributed by atoms with Gasteiger partial charge in [-0.3, -0.25) is 4.79 Å². The Kier molecular flexibility index (Phi) is 5.16. The van der Waals surface area contributed by atoms with Crippen LogP contribution in [0.25, 0.3) is 0 Å². The molecule has 0 saturated heterocycles. The Morgan fingerprint density at radius 1 is 1.39 bits per heavy atom. The van der Waals surface area contributed by atoms with Crippen molar-refractivity contribution in [3.63, 3.8) is 0 Å². The number of nitrogens with one attached hydrogen (secondary N) is 1. The van der Waals surface area contributed by atoms with Crippen LogP contribution in [0.4, 0.5) is 0 Å². The molecule has 0 spiro atoms. The molecule has 0 heterocycles. The molecule has 18 heavy (non-hydrogen) atoms. The summed E-state index contributed by atoms with van der Waals surface area (Å²) in [5.74, 6) is 0.0121. The molecule has 0 fully saturated rings. The van der Waals surface area contributed by atoms with Crippen molar-refractivity contribution in [1.82, 2.24) is 5.32 Å². The van der Waals surface area contributed by atoms with Gasteiger partial charge in [0.15, 0.2) is 0 Å². The second-order valence-corrected chi connectivity index (χ2v) is 5.18. The van der Waals surface area contributed by atoms with E-state index in [-0.39, 0.29) is 18.3 Å². The van der Waals surface area contributed by atoms with Crippen LogP contribution in [0.3, 0.4) is 0 Å². The van der Waals surface area contributed by atoms with Gasteiger partial charge in [0, 0.05) is 0 Å². The summed E-state index contributed by atoms with van der Waals surface area (Å²) in [5.41, 5.74) is 0.593. The lowest BCUT2D eigenvalue weighted by atomic mass is 10.1. The van der Waals surface area contributed by atoms with Gasteiger partial charge < -0.3 is 15.2 Å². The van der Waals surface area contributed by atoms with Crippen LogP contribution in [0.2, 0.25) is 0 Å². The number of aromatic hydroxyl groups is 1. The molecule has 0 bridgehead atoms. The van der Waals surface area contributed by atoms with Gasteiger partial charge in [-0.2, -0.15) is 0 Å². The Balaban J connectivity index is 2.21. The maximum atomic E-state index is 11.4. The van der Waals surface area contributed by atoms with Gasteiger partial charge >= 0.3 is 5.97 Å². The van der Waals surface area contributed by atoms with E-state index in [9.17, 15) is 9.90 Å². The first-order chi connectivity index (χ1) is 8.37. The zero-order valence-corrected chi connectivity index (χ0v) is 11.2. The predicted octanol–water partition coefficient (Wildman–Crippen LogP) is 1.87. The maximum Gasteiger partial charge on any atom is 0.320 e. The molecule has 0 atom stereocenters. The van der Waals surface area contributed by atoms with E-state index in [4.69, 9.17) is 4.74 Å². The summed E-state index contributed by atoms with van der Waals surface area (Å²) in [7, 11) is 0. The molecule has 1 aromatic carbocycles. The minimum absolute atomic E-state index is 0.204. The Bertz CT molecular complexity index is 396. The summed E-state index contributed by atoms with van der Waals surface area (Å²) in [5, 5.41) is 12.3. The Hall–Kier alpha value is -1.55. The normalized spacial score (nSPS) is 11.3. The zero-order valence-electron chi connectivity index (χ0n) is 11.2. The van der Waals surface area contributed by atoms with Gasteiger partial charge in [0.1, 0.15) is 11.4 Å². The number of ether oxygens (including phenoxy) is 1. The SMILES string of the molecule is CC(C)(C)OC(=O)CNCCc1cccc(O)c1. The summed E-state index contributed by atoms with van der Waals surface area (Å²) >= 11 is 0. The van der Waals surface area contributed by atoms with Crippen molar-refractivity contribution in [3.05, 3.63) is 29.8 Å². The molecule has 0 aliphatic rings. The highest BCUT2D eigenvalue weighted by Gasteiger charge is 2.15. The van der Waals surface area contributed by atoms with E-state index in [0.29, 0.717) is 6.54 Å². The minimum atomic E-state index is -0.440.